The zero-order chi connectivity index (χ0) is 19.4. The highest BCUT2D eigenvalue weighted by molar-refractivity contribution is 7.99. The van der Waals surface area contributed by atoms with Crippen molar-refractivity contribution in [1.82, 2.24) is 4.90 Å². The van der Waals surface area contributed by atoms with E-state index in [1.54, 1.807) is 30.0 Å². The van der Waals surface area contributed by atoms with Crippen LogP contribution in [0.4, 0.5) is 28.0 Å². The van der Waals surface area contributed by atoms with Crippen molar-refractivity contribution >= 4 is 23.5 Å². The van der Waals surface area contributed by atoms with Crippen molar-refractivity contribution in [2.24, 2.45) is 0 Å². The Morgan fingerprint density at radius 2 is 1.78 bits per heavy atom. The lowest BCUT2D eigenvalue weighted by molar-refractivity contribution is -0.136. The third-order valence-electron chi connectivity index (χ3n) is 4.35. The van der Waals surface area contributed by atoms with Crippen LogP contribution in [0.2, 0.25) is 0 Å². The first-order valence-electron chi connectivity index (χ1n) is 8.44. The average Bonchev–Trinajstić information content (AvgIpc) is 2.88. The molecule has 1 atom stereocenters. The minimum absolute atomic E-state index is 0.0912. The molecule has 3 rings (SSSR count). The van der Waals surface area contributed by atoms with Crippen molar-refractivity contribution in [3.63, 3.8) is 0 Å². The molecule has 1 fully saturated rings. The van der Waals surface area contributed by atoms with Crippen LogP contribution in [0.3, 0.4) is 0 Å². The van der Waals surface area contributed by atoms with E-state index in [4.69, 9.17) is 0 Å². The number of hydrogen-bond acceptors (Lipinski definition) is 2. The molecule has 0 aromatic heterocycles. The monoisotopic (exact) mass is 398 g/mol. The first kappa shape index (κ1) is 19.5. The largest absolute Gasteiger partial charge is 0.418 e. The van der Waals surface area contributed by atoms with Gasteiger partial charge in [-0.1, -0.05) is 30.3 Å². The SMILES string of the molecule is O=C(Nc1ccccc1C(F)(F)F)N1CCS[C@@H](c2ccccc2F)CC1. The van der Waals surface area contributed by atoms with Gasteiger partial charge in [-0.05, 0) is 24.6 Å². The number of benzene rings is 2. The topological polar surface area (TPSA) is 32.3 Å². The van der Waals surface area contributed by atoms with E-state index in [-0.39, 0.29) is 16.8 Å². The van der Waals surface area contributed by atoms with Gasteiger partial charge in [-0.25, -0.2) is 9.18 Å². The van der Waals surface area contributed by atoms with Gasteiger partial charge in [-0.3, -0.25) is 0 Å². The third-order valence-corrected chi connectivity index (χ3v) is 5.67. The molecule has 1 heterocycles. The van der Waals surface area contributed by atoms with Gasteiger partial charge < -0.3 is 10.2 Å². The fourth-order valence-electron chi connectivity index (χ4n) is 2.99. The molecule has 0 unspecified atom stereocenters. The molecule has 0 spiro atoms. The molecular weight excluding hydrogens is 380 g/mol. The molecule has 3 nitrogen and oxygen atoms in total. The molecule has 2 aromatic carbocycles. The van der Waals surface area contributed by atoms with Crippen molar-refractivity contribution in [1.29, 1.82) is 0 Å². The molecule has 2 amide bonds. The number of amides is 2. The quantitative estimate of drug-likeness (QED) is 0.672. The number of rotatable bonds is 2. The highest BCUT2D eigenvalue weighted by atomic mass is 32.2. The number of nitrogens with one attached hydrogen (secondary N) is 1. The lowest BCUT2D eigenvalue weighted by atomic mass is 10.1. The number of halogens is 4. The molecule has 144 valence electrons. The van der Waals surface area contributed by atoms with E-state index >= 15 is 0 Å². The minimum Gasteiger partial charge on any atom is -0.324 e. The van der Waals surface area contributed by atoms with Crippen LogP contribution in [0, 0.1) is 5.82 Å². The summed E-state index contributed by atoms with van der Waals surface area (Å²) in [6.45, 7) is 0.724. The highest BCUT2D eigenvalue weighted by Crippen LogP contribution is 2.37. The second kappa shape index (κ2) is 8.21. The summed E-state index contributed by atoms with van der Waals surface area (Å²) >= 11 is 1.54. The number of nitrogens with zero attached hydrogens (tertiary/aromatic N) is 1. The number of alkyl halides is 3. The third kappa shape index (κ3) is 4.74. The van der Waals surface area contributed by atoms with Crippen LogP contribution >= 0.6 is 11.8 Å². The highest BCUT2D eigenvalue weighted by Gasteiger charge is 2.34. The Kier molecular flexibility index (Phi) is 5.94. The second-order valence-corrected chi connectivity index (χ2v) is 7.44. The van der Waals surface area contributed by atoms with Crippen molar-refractivity contribution < 1.29 is 22.4 Å². The number of carbonyl (C=O) groups excluding carboxylic acids is 1. The molecular formula is C19H18F4N2OS. The van der Waals surface area contributed by atoms with Gasteiger partial charge in [-0.2, -0.15) is 24.9 Å². The summed E-state index contributed by atoms with van der Waals surface area (Å²) in [5.74, 6) is 0.292. The Bertz CT molecular complexity index is 812. The molecule has 2 aromatic rings. The molecule has 1 N–H and O–H groups in total. The van der Waals surface area contributed by atoms with Crippen LogP contribution < -0.4 is 5.32 Å². The van der Waals surface area contributed by atoms with Gasteiger partial charge in [0.25, 0.3) is 0 Å². The van der Waals surface area contributed by atoms with Gasteiger partial charge in [0.2, 0.25) is 0 Å². The molecule has 8 heteroatoms. The predicted octanol–water partition coefficient (Wildman–Crippen LogP) is 5.56. The Morgan fingerprint density at radius 1 is 1.07 bits per heavy atom. The summed E-state index contributed by atoms with van der Waals surface area (Å²) in [5.41, 5.74) is -0.559. The van der Waals surface area contributed by atoms with Crippen molar-refractivity contribution in [2.75, 3.05) is 24.2 Å². The molecule has 27 heavy (non-hydrogen) atoms. The second-order valence-electron chi connectivity index (χ2n) is 6.13. The maximum Gasteiger partial charge on any atom is 0.418 e. The fraction of sp³-hybridized carbons (Fsp3) is 0.316. The number of anilines is 1. The normalized spacial score (nSPS) is 18.1. The van der Waals surface area contributed by atoms with Crippen LogP contribution in [-0.4, -0.2) is 29.8 Å². The number of hydrogen-bond donors (Lipinski definition) is 1. The maximum atomic E-state index is 14.0. The summed E-state index contributed by atoms with van der Waals surface area (Å²) in [6, 6.07) is 10.8. The Balaban J connectivity index is 1.68. The van der Waals surface area contributed by atoms with E-state index in [1.807, 2.05) is 0 Å². The Morgan fingerprint density at radius 3 is 2.52 bits per heavy atom. The van der Waals surface area contributed by atoms with E-state index in [2.05, 4.69) is 5.32 Å². The number of carbonyl (C=O) groups is 1. The summed E-state index contributed by atoms with van der Waals surface area (Å²) in [4.78, 5) is 13.9. The van der Waals surface area contributed by atoms with Gasteiger partial charge in [0.15, 0.2) is 0 Å². The zero-order valence-corrected chi connectivity index (χ0v) is 15.1. The van der Waals surface area contributed by atoms with Crippen molar-refractivity contribution in [3.8, 4) is 0 Å². The van der Waals surface area contributed by atoms with Gasteiger partial charge in [0.1, 0.15) is 5.82 Å². The summed E-state index contributed by atoms with van der Waals surface area (Å²) in [6.07, 6.45) is -4.02. The number of urea groups is 1. The van der Waals surface area contributed by atoms with Crippen LogP contribution in [0.1, 0.15) is 22.8 Å². The standard InChI is InChI=1S/C19H18F4N2OS/c20-15-7-3-1-5-13(15)17-9-10-25(11-12-27-17)18(26)24-16-8-4-2-6-14(16)19(21,22)23/h1-8,17H,9-12H2,(H,24,26)/t17-/m1/s1. The molecule has 1 aliphatic rings. The lowest BCUT2D eigenvalue weighted by Gasteiger charge is -2.22. The molecule has 0 bridgehead atoms. The first-order chi connectivity index (χ1) is 12.9. The van der Waals surface area contributed by atoms with Gasteiger partial charge >= 0.3 is 12.2 Å². The Labute approximate surface area is 158 Å². The van der Waals surface area contributed by atoms with Gasteiger partial charge in [-0.15, -0.1) is 0 Å². The van der Waals surface area contributed by atoms with Crippen LogP contribution in [-0.2, 0) is 6.18 Å². The summed E-state index contributed by atoms with van der Waals surface area (Å²) in [5, 5.41) is 2.27. The Hall–Kier alpha value is -2.22. The van der Waals surface area contributed by atoms with Crippen LogP contribution in [0.15, 0.2) is 48.5 Å². The van der Waals surface area contributed by atoms with Crippen molar-refractivity contribution in [3.05, 3.63) is 65.5 Å². The lowest BCUT2D eigenvalue weighted by Crippen LogP contribution is -2.37. The van der Waals surface area contributed by atoms with Gasteiger partial charge in [0, 0.05) is 29.7 Å². The number of para-hydroxylation sites is 1. The predicted molar refractivity (Wildman–Crippen MR) is 98.3 cm³/mol. The molecule has 1 aliphatic heterocycles. The van der Waals surface area contributed by atoms with E-state index in [0.29, 0.717) is 30.8 Å². The molecule has 0 radical (unpaired) electrons. The smallest absolute Gasteiger partial charge is 0.324 e. The first-order valence-corrected chi connectivity index (χ1v) is 9.49. The molecule has 0 aliphatic carbocycles. The van der Waals surface area contributed by atoms with E-state index < -0.39 is 17.8 Å². The zero-order valence-electron chi connectivity index (χ0n) is 14.3. The minimum atomic E-state index is -4.55. The van der Waals surface area contributed by atoms with Crippen LogP contribution in [0.25, 0.3) is 0 Å². The van der Waals surface area contributed by atoms with Crippen LogP contribution in [0.5, 0.6) is 0 Å². The molecule has 0 saturated carbocycles. The average molecular weight is 398 g/mol. The van der Waals surface area contributed by atoms with Crippen molar-refractivity contribution in [2.45, 2.75) is 17.8 Å². The van der Waals surface area contributed by atoms with E-state index in [1.165, 1.54) is 29.2 Å². The van der Waals surface area contributed by atoms with E-state index in [0.717, 1.165) is 6.07 Å². The fourth-order valence-corrected chi connectivity index (χ4v) is 4.24. The van der Waals surface area contributed by atoms with E-state index in [9.17, 15) is 22.4 Å². The summed E-state index contributed by atoms with van der Waals surface area (Å²) < 4.78 is 53.2. The number of thioether (sulfide) groups is 1. The maximum absolute atomic E-state index is 14.0. The molecule has 1 saturated heterocycles. The summed E-state index contributed by atoms with van der Waals surface area (Å²) in [7, 11) is 0. The van der Waals surface area contributed by atoms with Gasteiger partial charge in [0.05, 0.1) is 11.3 Å².